The second kappa shape index (κ2) is 5.81. The van der Waals surface area contributed by atoms with Gasteiger partial charge in [-0.3, -0.25) is 14.5 Å². The van der Waals surface area contributed by atoms with E-state index in [0.717, 1.165) is 16.6 Å². The number of imide groups is 1. The molecule has 3 aliphatic rings. The molecule has 2 fully saturated rings. The standard InChI is InChI=1S/C21H16BrNO3/c22-14-3-7-16(8-4-14)26-17-9-5-15(6-10-17)23-20(24)18-12-1-2-13(11-12)19(18)21(23)25/h1-10,12-13,18-19H,11H2/t12-,13-,18-,19+/m1/s1. The van der Waals surface area contributed by atoms with Crippen molar-refractivity contribution in [1.82, 2.24) is 0 Å². The normalized spacial score (nSPS) is 28.7. The summed E-state index contributed by atoms with van der Waals surface area (Å²) in [6.07, 6.45) is 5.16. The Kier molecular flexibility index (Phi) is 3.54. The molecule has 2 amide bonds. The van der Waals surface area contributed by atoms with E-state index in [4.69, 9.17) is 4.74 Å². The first-order valence-corrected chi connectivity index (χ1v) is 9.51. The Hall–Kier alpha value is -2.40. The lowest BCUT2D eigenvalue weighted by molar-refractivity contribution is -0.123. The van der Waals surface area contributed by atoms with Gasteiger partial charge in [-0.25, -0.2) is 0 Å². The highest BCUT2D eigenvalue weighted by Gasteiger charge is 2.59. The lowest BCUT2D eigenvalue weighted by Gasteiger charge is -2.17. The zero-order chi connectivity index (χ0) is 17.8. The molecule has 130 valence electrons. The monoisotopic (exact) mass is 409 g/mol. The van der Waals surface area contributed by atoms with Gasteiger partial charge in [0.15, 0.2) is 0 Å². The van der Waals surface area contributed by atoms with Crippen molar-refractivity contribution in [3.8, 4) is 11.5 Å². The van der Waals surface area contributed by atoms with Crippen LogP contribution in [0.4, 0.5) is 5.69 Å². The van der Waals surface area contributed by atoms with Gasteiger partial charge in [-0.05, 0) is 66.8 Å². The summed E-state index contributed by atoms with van der Waals surface area (Å²) in [5.74, 6) is 1.39. The number of nitrogens with zero attached hydrogens (tertiary/aromatic N) is 1. The quantitative estimate of drug-likeness (QED) is 0.551. The fourth-order valence-electron chi connectivity index (χ4n) is 4.46. The van der Waals surface area contributed by atoms with Gasteiger partial charge in [-0.2, -0.15) is 0 Å². The van der Waals surface area contributed by atoms with E-state index in [1.165, 1.54) is 4.90 Å². The molecule has 0 spiro atoms. The van der Waals surface area contributed by atoms with Crippen LogP contribution < -0.4 is 9.64 Å². The van der Waals surface area contributed by atoms with E-state index in [1.54, 1.807) is 24.3 Å². The molecule has 4 nitrogen and oxygen atoms in total. The number of amides is 2. The van der Waals surface area contributed by atoms with Crippen molar-refractivity contribution < 1.29 is 14.3 Å². The Balaban J connectivity index is 1.37. The predicted octanol–water partition coefficient (Wildman–Crippen LogP) is 4.55. The van der Waals surface area contributed by atoms with Gasteiger partial charge in [0.05, 0.1) is 17.5 Å². The minimum absolute atomic E-state index is 0.0570. The number of ether oxygens (including phenoxy) is 1. The minimum Gasteiger partial charge on any atom is -0.457 e. The highest BCUT2D eigenvalue weighted by atomic mass is 79.9. The molecule has 1 saturated carbocycles. The van der Waals surface area contributed by atoms with E-state index in [-0.39, 0.29) is 35.5 Å². The first-order chi connectivity index (χ1) is 12.6. The molecule has 26 heavy (non-hydrogen) atoms. The second-order valence-electron chi connectivity index (χ2n) is 7.06. The zero-order valence-electron chi connectivity index (χ0n) is 13.8. The number of fused-ring (bicyclic) bond motifs is 5. The molecular formula is C21H16BrNO3. The molecule has 4 atom stereocenters. The minimum atomic E-state index is -0.170. The molecule has 1 heterocycles. The third-order valence-corrected chi connectivity index (χ3v) is 6.14. The van der Waals surface area contributed by atoms with Crippen LogP contribution >= 0.6 is 15.9 Å². The highest BCUT2D eigenvalue weighted by molar-refractivity contribution is 9.10. The van der Waals surface area contributed by atoms with E-state index in [2.05, 4.69) is 28.1 Å². The van der Waals surface area contributed by atoms with Crippen molar-refractivity contribution in [3.05, 3.63) is 65.2 Å². The van der Waals surface area contributed by atoms with Crippen molar-refractivity contribution in [1.29, 1.82) is 0 Å². The number of rotatable bonds is 3. The van der Waals surface area contributed by atoms with Crippen LogP contribution in [-0.2, 0) is 9.59 Å². The van der Waals surface area contributed by atoms with E-state index >= 15 is 0 Å². The summed E-state index contributed by atoms with van der Waals surface area (Å²) in [5, 5.41) is 0. The summed E-state index contributed by atoms with van der Waals surface area (Å²) in [5.41, 5.74) is 0.622. The van der Waals surface area contributed by atoms with Crippen molar-refractivity contribution in [2.75, 3.05) is 4.90 Å². The molecule has 2 aromatic carbocycles. The topological polar surface area (TPSA) is 46.6 Å². The molecule has 0 unspecified atom stereocenters. The number of hydrogen-bond acceptors (Lipinski definition) is 3. The number of hydrogen-bond donors (Lipinski definition) is 0. The first-order valence-electron chi connectivity index (χ1n) is 8.71. The number of carbonyl (C=O) groups excluding carboxylic acids is 2. The van der Waals surface area contributed by atoms with E-state index in [9.17, 15) is 9.59 Å². The Labute approximate surface area is 159 Å². The summed E-state index contributed by atoms with van der Waals surface area (Å²) in [4.78, 5) is 27.0. The summed E-state index contributed by atoms with van der Waals surface area (Å²) in [7, 11) is 0. The maximum Gasteiger partial charge on any atom is 0.238 e. The molecule has 2 bridgehead atoms. The molecule has 1 aliphatic heterocycles. The van der Waals surface area contributed by atoms with Crippen LogP contribution in [0, 0.1) is 23.7 Å². The Bertz CT molecular complexity index is 889. The van der Waals surface area contributed by atoms with E-state index in [0.29, 0.717) is 11.4 Å². The van der Waals surface area contributed by atoms with Crippen LogP contribution in [0.3, 0.4) is 0 Å². The maximum atomic E-state index is 12.8. The van der Waals surface area contributed by atoms with Crippen LogP contribution in [0.2, 0.25) is 0 Å². The smallest absolute Gasteiger partial charge is 0.238 e. The van der Waals surface area contributed by atoms with Gasteiger partial charge >= 0.3 is 0 Å². The number of benzene rings is 2. The van der Waals surface area contributed by atoms with Crippen LogP contribution in [-0.4, -0.2) is 11.8 Å². The Morgan fingerprint density at radius 1 is 0.808 bits per heavy atom. The van der Waals surface area contributed by atoms with Crippen molar-refractivity contribution >= 4 is 33.4 Å². The Morgan fingerprint density at radius 2 is 1.31 bits per heavy atom. The summed E-state index contributed by atoms with van der Waals surface area (Å²) in [6.45, 7) is 0. The van der Waals surface area contributed by atoms with Gasteiger partial charge in [0, 0.05) is 4.47 Å². The van der Waals surface area contributed by atoms with Gasteiger partial charge in [-0.1, -0.05) is 28.1 Å². The van der Waals surface area contributed by atoms with Crippen LogP contribution in [0.1, 0.15) is 6.42 Å². The average Bonchev–Trinajstić information content (AvgIpc) is 3.32. The molecule has 2 aromatic rings. The molecule has 1 saturated heterocycles. The average molecular weight is 410 g/mol. The van der Waals surface area contributed by atoms with Crippen LogP contribution in [0.25, 0.3) is 0 Å². The van der Waals surface area contributed by atoms with Gasteiger partial charge in [0.1, 0.15) is 11.5 Å². The number of allylic oxidation sites excluding steroid dienone is 2. The molecule has 5 rings (SSSR count). The highest BCUT2D eigenvalue weighted by Crippen LogP contribution is 2.53. The first kappa shape index (κ1) is 15.8. The number of halogens is 1. The second-order valence-corrected chi connectivity index (χ2v) is 7.98. The van der Waals surface area contributed by atoms with Crippen molar-refractivity contribution in [3.63, 3.8) is 0 Å². The lowest BCUT2D eigenvalue weighted by atomic mass is 9.85. The van der Waals surface area contributed by atoms with E-state index < -0.39 is 0 Å². The fourth-order valence-corrected chi connectivity index (χ4v) is 4.72. The molecule has 0 N–H and O–H groups in total. The van der Waals surface area contributed by atoms with Gasteiger partial charge in [0.2, 0.25) is 11.8 Å². The van der Waals surface area contributed by atoms with Crippen molar-refractivity contribution in [2.45, 2.75) is 6.42 Å². The van der Waals surface area contributed by atoms with Crippen molar-refractivity contribution in [2.24, 2.45) is 23.7 Å². The fraction of sp³-hybridized carbons (Fsp3) is 0.238. The van der Waals surface area contributed by atoms with Crippen LogP contribution in [0.5, 0.6) is 11.5 Å². The summed E-state index contributed by atoms with van der Waals surface area (Å²) < 4.78 is 6.79. The molecule has 0 radical (unpaired) electrons. The maximum absolute atomic E-state index is 12.8. The largest absolute Gasteiger partial charge is 0.457 e. The number of anilines is 1. The predicted molar refractivity (Wildman–Crippen MR) is 101 cm³/mol. The lowest BCUT2D eigenvalue weighted by Crippen LogP contribution is -2.32. The van der Waals surface area contributed by atoms with Gasteiger partial charge < -0.3 is 4.74 Å². The van der Waals surface area contributed by atoms with Gasteiger partial charge in [-0.15, -0.1) is 0 Å². The summed E-state index contributed by atoms with van der Waals surface area (Å²) >= 11 is 3.39. The molecule has 0 aromatic heterocycles. The molecule has 2 aliphatic carbocycles. The third-order valence-electron chi connectivity index (χ3n) is 5.61. The molecule has 5 heteroatoms. The summed E-state index contributed by atoms with van der Waals surface area (Å²) in [6, 6.07) is 14.7. The molecular weight excluding hydrogens is 394 g/mol. The number of carbonyl (C=O) groups is 2. The third kappa shape index (κ3) is 2.34. The Morgan fingerprint density at radius 3 is 1.85 bits per heavy atom. The van der Waals surface area contributed by atoms with Gasteiger partial charge in [0.25, 0.3) is 0 Å². The van der Waals surface area contributed by atoms with Crippen LogP contribution in [0.15, 0.2) is 65.2 Å². The SMILES string of the molecule is O=C1[C@@H]2[C@H](C(=O)N1c1ccc(Oc3ccc(Br)cc3)cc1)[C@@H]1C=C[C@@H]2C1. The zero-order valence-corrected chi connectivity index (χ0v) is 15.4. The van der Waals surface area contributed by atoms with E-state index in [1.807, 2.05) is 24.3 Å².